The minimum absolute atomic E-state index is 0.265. The van der Waals surface area contributed by atoms with Crippen LogP contribution in [0, 0.1) is 5.82 Å². The Morgan fingerprint density at radius 3 is 2.00 bits per heavy atom. The van der Waals surface area contributed by atoms with Gasteiger partial charge in [0.15, 0.2) is 11.5 Å². The molecule has 2 aromatic rings. The van der Waals surface area contributed by atoms with E-state index in [1.807, 2.05) is 6.07 Å². The van der Waals surface area contributed by atoms with Crippen LogP contribution in [0.25, 0.3) is 0 Å². The lowest BCUT2D eigenvalue weighted by Gasteiger charge is -2.14. The summed E-state index contributed by atoms with van der Waals surface area (Å²) in [5.41, 5.74) is 0.870. The molecule has 0 N–H and O–H groups in total. The molecule has 0 aliphatic rings. The molecule has 3 nitrogen and oxygen atoms in total. The highest BCUT2D eigenvalue weighted by Crippen LogP contribution is 2.37. The molecule has 0 fully saturated rings. The summed E-state index contributed by atoms with van der Waals surface area (Å²) in [7, 11) is 3.14. The molecule has 100 valence electrons. The van der Waals surface area contributed by atoms with Crippen molar-refractivity contribution in [3.05, 3.63) is 53.8 Å². The molecule has 19 heavy (non-hydrogen) atoms. The minimum Gasteiger partial charge on any atom is -0.493 e. The molecule has 2 aromatic carbocycles. The van der Waals surface area contributed by atoms with Gasteiger partial charge in [-0.2, -0.15) is 0 Å². The molecule has 0 aliphatic carbocycles. The first-order chi connectivity index (χ1) is 9.24. The van der Waals surface area contributed by atoms with E-state index < -0.39 is 0 Å². The van der Waals surface area contributed by atoms with Crippen molar-refractivity contribution in [3.8, 4) is 17.2 Å². The maximum Gasteiger partial charge on any atom is 0.203 e. The van der Waals surface area contributed by atoms with Crippen LogP contribution < -0.4 is 14.2 Å². The lowest BCUT2D eigenvalue weighted by molar-refractivity contribution is 0.266. The summed E-state index contributed by atoms with van der Waals surface area (Å²) in [4.78, 5) is 0. The molecular weight excluding hydrogens is 247 g/mol. The number of rotatable bonds is 5. The number of benzene rings is 2. The van der Waals surface area contributed by atoms with Gasteiger partial charge in [-0.05, 0) is 29.8 Å². The van der Waals surface area contributed by atoms with E-state index in [2.05, 4.69) is 0 Å². The molecule has 0 saturated heterocycles. The Bertz CT molecular complexity index is 515. The quantitative estimate of drug-likeness (QED) is 0.826. The zero-order chi connectivity index (χ0) is 13.7. The number of ether oxygens (including phenoxy) is 3. The Morgan fingerprint density at radius 1 is 0.895 bits per heavy atom. The highest BCUT2D eigenvalue weighted by atomic mass is 19.1. The van der Waals surface area contributed by atoms with Gasteiger partial charge in [0, 0.05) is 0 Å². The third-order valence-electron chi connectivity index (χ3n) is 2.68. The summed E-state index contributed by atoms with van der Waals surface area (Å²) in [6.07, 6.45) is 0. The van der Waals surface area contributed by atoms with Gasteiger partial charge >= 0.3 is 0 Å². The van der Waals surface area contributed by atoms with Crippen molar-refractivity contribution < 1.29 is 18.6 Å². The van der Waals surface area contributed by atoms with Gasteiger partial charge in [0.2, 0.25) is 5.75 Å². The molecule has 0 bridgehead atoms. The van der Waals surface area contributed by atoms with Gasteiger partial charge in [-0.3, -0.25) is 0 Å². The van der Waals surface area contributed by atoms with E-state index in [0.717, 1.165) is 5.56 Å². The van der Waals surface area contributed by atoms with E-state index in [0.29, 0.717) is 23.9 Å². The summed E-state index contributed by atoms with van der Waals surface area (Å²) >= 11 is 0. The van der Waals surface area contributed by atoms with Gasteiger partial charge < -0.3 is 14.2 Å². The van der Waals surface area contributed by atoms with Crippen LogP contribution in [0.3, 0.4) is 0 Å². The molecule has 0 heterocycles. The second-order valence-electron chi connectivity index (χ2n) is 3.91. The average Bonchev–Trinajstić information content (AvgIpc) is 2.46. The summed E-state index contributed by atoms with van der Waals surface area (Å²) in [5.74, 6) is 1.47. The lowest BCUT2D eigenvalue weighted by atomic mass is 10.2. The van der Waals surface area contributed by atoms with Crippen molar-refractivity contribution in [3.63, 3.8) is 0 Å². The molecule has 0 aromatic heterocycles. The average molecular weight is 262 g/mol. The fourth-order valence-corrected chi connectivity index (χ4v) is 1.70. The number of halogens is 1. The standard InChI is InChI=1S/C15H15FO3/c1-17-13-4-3-5-14(18-2)15(13)19-10-11-6-8-12(16)9-7-11/h3-9H,10H2,1-2H3. The van der Waals surface area contributed by atoms with Gasteiger partial charge in [-0.25, -0.2) is 4.39 Å². The van der Waals surface area contributed by atoms with Crippen molar-refractivity contribution in [2.45, 2.75) is 6.61 Å². The van der Waals surface area contributed by atoms with Crippen molar-refractivity contribution in [1.82, 2.24) is 0 Å². The number of hydrogen-bond acceptors (Lipinski definition) is 3. The lowest BCUT2D eigenvalue weighted by Crippen LogP contribution is -2.00. The molecule has 0 unspecified atom stereocenters. The number of hydrogen-bond donors (Lipinski definition) is 0. The molecule has 0 amide bonds. The molecule has 0 atom stereocenters. The van der Waals surface area contributed by atoms with Gasteiger partial charge in [0.1, 0.15) is 12.4 Å². The Hall–Kier alpha value is -2.23. The molecule has 0 radical (unpaired) electrons. The Labute approximate surface area is 111 Å². The maximum absolute atomic E-state index is 12.8. The van der Waals surface area contributed by atoms with E-state index in [-0.39, 0.29) is 5.82 Å². The Kier molecular flexibility index (Phi) is 4.23. The zero-order valence-electron chi connectivity index (χ0n) is 10.9. The van der Waals surface area contributed by atoms with Crippen LogP contribution in [0.2, 0.25) is 0 Å². The van der Waals surface area contributed by atoms with Crippen molar-refractivity contribution in [1.29, 1.82) is 0 Å². The number of para-hydroxylation sites is 1. The SMILES string of the molecule is COc1cccc(OC)c1OCc1ccc(F)cc1. The summed E-state index contributed by atoms with van der Waals surface area (Å²) in [6, 6.07) is 11.6. The van der Waals surface area contributed by atoms with E-state index in [1.54, 1.807) is 38.5 Å². The third kappa shape index (κ3) is 3.16. The van der Waals surface area contributed by atoms with Gasteiger partial charge in [0.25, 0.3) is 0 Å². The van der Waals surface area contributed by atoms with E-state index in [1.165, 1.54) is 12.1 Å². The number of methoxy groups -OCH3 is 2. The fourth-order valence-electron chi connectivity index (χ4n) is 1.70. The molecule has 0 aliphatic heterocycles. The topological polar surface area (TPSA) is 27.7 Å². The monoisotopic (exact) mass is 262 g/mol. The smallest absolute Gasteiger partial charge is 0.203 e. The highest BCUT2D eigenvalue weighted by Gasteiger charge is 2.11. The highest BCUT2D eigenvalue weighted by molar-refractivity contribution is 5.51. The van der Waals surface area contributed by atoms with Crippen LogP contribution in [0.4, 0.5) is 4.39 Å². The van der Waals surface area contributed by atoms with E-state index >= 15 is 0 Å². The maximum atomic E-state index is 12.8. The van der Waals surface area contributed by atoms with Crippen LogP contribution >= 0.6 is 0 Å². The van der Waals surface area contributed by atoms with Crippen LogP contribution in [0.15, 0.2) is 42.5 Å². The van der Waals surface area contributed by atoms with E-state index in [4.69, 9.17) is 14.2 Å². The van der Waals surface area contributed by atoms with Gasteiger partial charge in [-0.1, -0.05) is 18.2 Å². The van der Waals surface area contributed by atoms with Crippen LogP contribution in [-0.4, -0.2) is 14.2 Å². The predicted molar refractivity (Wildman–Crippen MR) is 70.3 cm³/mol. The second-order valence-corrected chi connectivity index (χ2v) is 3.91. The first kappa shape index (κ1) is 13.2. The Morgan fingerprint density at radius 2 is 1.47 bits per heavy atom. The predicted octanol–water partition coefficient (Wildman–Crippen LogP) is 3.42. The minimum atomic E-state index is -0.265. The van der Waals surface area contributed by atoms with Crippen LogP contribution in [0.5, 0.6) is 17.2 Å². The molecular formula is C15H15FO3. The third-order valence-corrected chi connectivity index (χ3v) is 2.68. The molecule has 2 rings (SSSR count). The van der Waals surface area contributed by atoms with E-state index in [9.17, 15) is 4.39 Å². The summed E-state index contributed by atoms with van der Waals surface area (Å²) < 4.78 is 29.0. The molecule has 0 saturated carbocycles. The first-order valence-corrected chi connectivity index (χ1v) is 5.83. The summed E-state index contributed by atoms with van der Waals surface area (Å²) in [6.45, 7) is 0.316. The van der Waals surface area contributed by atoms with Crippen LogP contribution in [0.1, 0.15) is 5.56 Å². The van der Waals surface area contributed by atoms with Crippen molar-refractivity contribution in [2.75, 3.05) is 14.2 Å². The first-order valence-electron chi connectivity index (χ1n) is 5.83. The largest absolute Gasteiger partial charge is 0.493 e. The van der Waals surface area contributed by atoms with Crippen molar-refractivity contribution >= 4 is 0 Å². The van der Waals surface area contributed by atoms with Gasteiger partial charge in [-0.15, -0.1) is 0 Å². The van der Waals surface area contributed by atoms with Crippen LogP contribution in [-0.2, 0) is 6.61 Å². The Balaban J connectivity index is 2.16. The second kappa shape index (κ2) is 6.09. The summed E-state index contributed by atoms with van der Waals surface area (Å²) in [5, 5.41) is 0. The fraction of sp³-hybridized carbons (Fsp3) is 0.200. The van der Waals surface area contributed by atoms with Crippen molar-refractivity contribution in [2.24, 2.45) is 0 Å². The molecule has 0 spiro atoms. The normalized spacial score (nSPS) is 10.1. The van der Waals surface area contributed by atoms with Gasteiger partial charge in [0.05, 0.1) is 14.2 Å². The zero-order valence-corrected chi connectivity index (χ0v) is 10.9. The molecule has 4 heteroatoms.